The van der Waals surface area contributed by atoms with Crippen molar-refractivity contribution in [1.29, 1.82) is 0 Å². The average Bonchev–Trinajstić information content (AvgIpc) is 3.25. The van der Waals surface area contributed by atoms with Gasteiger partial charge in [-0.3, -0.25) is 14.8 Å². The summed E-state index contributed by atoms with van der Waals surface area (Å²) < 4.78 is 37.0. The van der Waals surface area contributed by atoms with Crippen LogP contribution in [-0.4, -0.2) is 45.4 Å². The molecule has 0 fully saturated rings. The lowest BCUT2D eigenvalue weighted by Crippen LogP contribution is -2.19. The van der Waals surface area contributed by atoms with Crippen molar-refractivity contribution in [3.63, 3.8) is 0 Å². The monoisotopic (exact) mass is 489 g/mol. The molecule has 176 valence electrons. The van der Waals surface area contributed by atoms with E-state index in [1.807, 2.05) is 31.2 Å². The number of rotatable bonds is 11. The van der Waals surface area contributed by atoms with Crippen molar-refractivity contribution in [3.05, 3.63) is 70.7 Å². The number of nitrogens with zero attached hydrogens (tertiary/aromatic N) is 1. The van der Waals surface area contributed by atoms with Gasteiger partial charge in [0.2, 0.25) is 10.0 Å². The first-order chi connectivity index (χ1) is 15.7. The molecule has 0 spiro atoms. The zero-order valence-electron chi connectivity index (χ0n) is 18.7. The fraction of sp³-hybridized carbons (Fsp3) is 0.304. The number of thiazole rings is 1. The van der Waals surface area contributed by atoms with E-state index in [0.29, 0.717) is 41.6 Å². The molecule has 33 heavy (non-hydrogen) atoms. The van der Waals surface area contributed by atoms with Gasteiger partial charge in [-0.15, -0.1) is 11.3 Å². The molecule has 0 saturated carbocycles. The molecular formula is C23H27N3O5S2. The Morgan fingerprint density at radius 3 is 2.67 bits per heavy atom. The number of para-hydroxylation sites is 1. The Kier molecular flexibility index (Phi) is 8.43. The summed E-state index contributed by atoms with van der Waals surface area (Å²) in [5.41, 5.74) is 2.74. The van der Waals surface area contributed by atoms with Crippen LogP contribution in [0, 0.1) is 0 Å². The SMILES string of the molecule is COC[C@H](C)Oc1cc(CCc2ccccc2NS(C)(=O)=O)cc(C(=O)Nc2nccs2)c1. The van der Waals surface area contributed by atoms with E-state index in [2.05, 4.69) is 15.0 Å². The Morgan fingerprint density at radius 1 is 1.18 bits per heavy atom. The van der Waals surface area contributed by atoms with Gasteiger partial charge in [-0.2, -0.15) is 0 Å². The molecular weight excluding hydrogens is 462 g/mol. The summed E-state index contributed by atoms with van der Waals surface area (Å²) in [5.74, 6) is 0.277. The summed E-state index contributed by atoms with van der Waals surface area (Å²) in [6, 6.07) is 12.6. The molecule has 2 N–H and O–H groups in total. The van der Waals surface area contributed by atoms with Gasteiger partial charge >= 0.3 is 0 Å². The van der Waals surface area contributed by atoms with E-state index in [1.165, 1.54) is 11.3 Å². The highest BCUT2D eigenvalue weighted by Gasteiger charge is 2.14. The summed E-state index contributed by atoms with van der Waals surface area (Å²) >= 11 is 1.34. The van der Waals surface area contributed by atoms with E-state index in [-0.39, 0.29) is 12.0 Å². The molecule has 2 aromatic carbocycles. The molecule has 3 rings (SSSR count). The van der Waals surface area contributed by atoms with Crippen LogP contribution in [0.4, 0.5) is 10.8 Å². The maximum atomic E-state index is 12.8. The number of benzene rings is 2. The lowest BCUT2D eigenvalue weighted by atomic mass is 10.0. The zero-order chi connectivity index (χ0) is 23.8. The second kappa shape index (κ2) is 11.3. The van der Waals surface area contributed by atoms with Gasteiger partial charge in [0, 0.05) is 24.3 Å². The predicted molar refractivity (Wildman–Crippen MR) is 131 cm³/mol. The number of hydrogen-bond acceptors (Lipinski definition) is 7. The number of aromatic nitrogens is 1. The van der Waals surface area contributed by atoms with Crippen LogP contribution in [0.1, 0.15) is 28.4 Å². The first-order valence-corrected chi connectivity index (χ1v) is 13.1. The van der Waals surface area contributed by atoms with E-state index < -0.39 is 10.0 Å². The van der Waals surface area contributed by atoms with Crippen LogP contribution >= 0.6 is 11.3 Å². The van der Waals surface area contributed by atoms with E-state index in [0.717, 1.165) is 17.4 Å². The normalized spacial score (nSPS) is 12.2. The smallest absolute Gasteiger partial charge is 0.257 e. The number of anilines is 2. The van der Waals surface area contributed by atoms with Crippen LogP contribution in [0.5, 0.6) is 5.75 Å². The van der Waals surface area contributed by atoms with Gasteiger partial charge in [0.15, 0.2) is 5.13 Å². The molecule has 0 aliphatic carbocycles. The second-order valence-corrected chi connectivity index (χ2v) is 10.2. The highest BCUT2D eigenvalue weighted by atomic mass is 32.2. The molecule has 0 aliphatic heterocycles. The molecule has 0 unspecified atom stereocenters. The quantitative estimate of drug-likeness (QED) is 0.422. The third kappa shape index (κ3) is 7.85. The van der Waals surface area contributed by atoms with Gasteiger partial charge in [0.25, 0.3) is 5.91 Å². The Bertz CT molecular complexity index is 1180. The molecule has 1 aromatic heterocycles. The Morgan fingerprint density at radius 2 is 1.97 bits per heavy atom. The number of carbonyl (C=O) groups is 1. The lowest BCUT2D eigenvalue weighted by Gasteiger charge is -2.16. The molecule has 0 bridgehead atoms. The van der Waals surface area contributed by atoms with Gasteiger partial charge in [0.1, 0.15) is 11.9 Å². The standard InChI is InChI=1S/C23H27N3O5S2/c1-16(15-30-2)31-20-13-17(12-19(14-20)22(27)25-23-24-10-11-32-23)8-9-18-6-4-5-7-21(18)26-33(3,28)29/h4-7,10-14,16,26H,8-9,15H2,1-3H3,(H,24,25,27)/t16-/m0/s1. The number of ether oxygens (including phenoxy) is 2. The molecule has 1 amide bonds. The van der Waals surface area contributed by atoms with E-state index >= 15 is 0 Å². The highest BCUT2D eigenvalue weighted by molar-refractivity contribution is 7.92. The number of aryl methyl sites for hydroxylation is 2. The molecule has 8 nitrogen and oxygen atoms in total. The first kappa shape index (κ1) is 24.7. The lowest BCUT2D eigenvalue weighted by molar-refractivity contribution is 0.0916. The maximum absolute atomic E-state index is 12.8. The number of hydrogen-bond donors (Lipinski definition) is 2. The average molecular weight is 490 g/mol. The summed E-state index contributed by atoms with van der Waals surface area (Å²) in [4.78, 5) is 16.9. The van der Waals surface area contributed by atoms with Gasteiger partial charge in [-0.1, -0.05) is 18.2 Å². The first-order valence-electron chi connectivity index (χ1n) is 10.3. The molecule has 1 atom stereocenters. The molecule has 0 saturated heterocycles. The third-order valence-corrected chi connectivity index (χ3v) is 5.89. The zero-order valence-corrected chi connectivity index (χ0v) is 20.3. The Labute approximate surface area is 198 Å². The van der Waals surface area contributed by atoms with E-state index in [9.17, 15) is 13.2 Å². The van der Waals surface area contributed by atoms with Crippen molar-refractivity contribution >= 4 is 38.1 Å². The summed E-state index contributed by atoms with van der Waals surface area (Å²) in [6.45, 7) is 2.30. The Balaban J connectivity index is 1.83. The van der Waals surface area contributed by atoms with Crippen LogP contribution in [0.2, 0.25) is 0 Å². The topological polar surface area (TPSA) is 107 Å². The van der Waals surface area contributed by atoms with E-state index in [4.69, 9.17) is 9.47 Å². The molecule has 0 aliphatic rings. The highest BCUT2D eigenvalue weighted by Crippen LogP contribution is 2.24. The van der Waals surface area contributed by atoms with Crippen molar-refractivity contribution in [3.8, 4) is 5.75 Å². The molecule has 0 radical (unpaired) electrons. The molecule has 3 aromatic rings. The fourth-order valence-corrected chi connectivity index (χ4v) is 4.40. The number of sulfonamides is 1. The van der Waals surface area contributed by atoms with Crippen LogP contribution in [0.15, 0.2) is 54.0 Å². The fourth-order valence-electron chi connectivity index (χ4n) is 3.28. The number of methoxy groups -OCH3 is 1. The minimum Gasteiger partial charge on any atom is -0.488 e. The minimum atomic E-state index is -3.39. The third-order valence-electron chi connectivity index (χ3n) is 4.62. The van der Waals surface area contributed by atoms with Crippen molar-refractivity contribution in [2.75, 3.05) is 30.0 Å². The van der Waals surface area contributed by atoms with Crippen molar-refractivity contribution in [1.82, 2.24) is 4.98 Å². The van der Waals surface area contributed by atoms with Crippen molar-refractivity contribution in [2.45, 2.75) is 25.9 Å². The molecule has 10 heteroatoms. The van der Waals surface area contributed by atoms with E-state index in [1.54, 1.807) is 36.9 Å². The largest absolute Gasteiger partial charge is 0.488 e. The van der Waals surface area contributed by atoms with Crippen molar-refractivity contribution in [2.24, 2.45) is 0 Å². The minimum absolute atomic E-state index is 0.195. The van der Waals surface area contributed by atoms with Gasteiger partial charge in [-0.25, -0.2) is 13.4 Å². The van der Waals surface area contributed by atoms with Gasteiger partial charge < -0.3 is 9.47 Å². The summed E-state index contributed by atoms with van der Waals surface area (Å²) in [5, 5.41) is 5.09. The van der Waals surface area contributed by atoms with Crippen LogP contribution in [0.25, 0.3) is 0 Å². The summed E-state index contributed by atoms with van der Waals surface area (Å²) in [6.07, 6.45) is 3.71. The number of nitrogens with one attached hydrogen (secondary N) is 2. The maximum Gasteiger partial charge on any atom is 0.257 e. The summed E-state index contributed by atoms with van der Waals surface area (Å²) in [7, 11) is -1.79. The second-order valence-electron chi connectivity index (χ2n) is 7.57. The van der Waals surface area contributed by atoms with Crippen LogP contribution in [-0.2, 0) is 27.6 Å². The Hall–Kier alpha value is -2.95. The predicted octanol–water partition coefficient (Wildman–Crippen LogP) is 3.97. The molecule has 1 heterocycles. The van der Waals surface area contributed by atoms with Gasteiger partial charge in [0.05, 0.1) is 18.6 Å². The van der Waals surface area contributed by atoms with Crippen LogP contribution < -0.4 is 14.8 Å². The van der Waals surface area contributed by atoms with Crippen molar-refractivity contribution < 1.29 is 22.7 Å². The number of amides is 1. The van der Waals surface area contributed by atoms with Gasteiger partial charge in [-0.05, 0) is 55.2 Å². The van der Waals surface area contributed by atoms with Crippen LogP contribution in [0.3, 0.4) is 0 Å². The number of carbonyl (C=O) groups excluding carboxylic acids is 1.